The lowest BCUT2D eigenvalue weighted by Gasteiger charge is -2.41. The predicted octanol–water partition coefficient (Wildman–Crippen LogP) is 1.03. The van der Waals surface area contributed by atoms with Gasteiger partial charge in [-0.3, -0.25) is 24.0 Å². The Bertz CT molecular complexity index is 850. The zero-order chi connectivity index (χ0) is 19.2. The van der Waals surface area contributed by atoms with Gasteiger partial charge in [-0.1, -0.05) is 0 Å². The van der Waals surface area contributed by atoms with Crippen LogP contribution >= 0.6 is 0 Å². The third-order valence-corrected chi connectivity index (χ3v) is 9.85. The van der Waals surface area contributed by atoms with Gasteiger partial charge in [0.25, 0.3) is 0 Å². The summed E-state index contributed by atoms with van der Waals surface area (Å²) in [6.07, 6.45) is 4.27. The number of cyclic esters (lactones) is 4. The van der Waals surface area contributed by atoms with Crippen LogP contribution in [0.1, 0.15) is 38.5 Å². The topological polar surface area (TPSA) is 104 Å². The molecule has 28 heavy (non-hydrogen) atoms. The first-order valence-electron chi connectivity index (χ1n) is 10.4. The molecular formula is C21H20O7. The van der Waals surface area contributed by atoms with Gasteiger partial charge in [-0.15, -0.1) is 0 Å². The lowest BCUT2D eigenvalue weighted by atomic mass is 9.58. The molecule has 7 fully saturated rings. The van der Waals surface area contributed by atoms with Crippen molar-refractivity contribution in [1.29, 1.82) is 0 Å². The SMILES string of the molecule is O=C1OC(=O)[C@H]2[C@@H]1[C@H]1C[C@@H]2[C@@]2(CC[C@@]3(C[C@@H]4C[C@H]3[C@H]3C(=O)OC(=O)[C@@H]43)C2=O)C1. The molecule has 5 aliphatic carbocycles. The molecule has 7 aliphatic rings. The van der Waals surface area contributed by atoms with E-state index in [1.807, 2.05) is 0 Å². The molecule has 146 valence electrons. The van der Waals surface area contributed by atoms with Crippen molar-refractivity contribution < 1.29 is 33.4 Å². The minimum absolute atomic E-state index is 0.0532. The largest absolute Gasteiger partial charge is 0.393 e. The number of rotatable bonds is 0. The summed E-state index contributed by atoms with van der Waals surface area (Å²) in [7, 11) is 0. The van der Waals surface area contributed by atoms with Gasteiger partial charge in [0.05, 0.1) is 23.7 Å². The van der Waals surface area contributed by atoms with E-state index in [4.69, 9.17) is 9.47 Å². The molecule has 2 spiro atoms. The third-order valence-electron chi connectivity index (χ3n) is 9.85. The van der Waals surface area contributed by atoms with Crippen LogP contribution in [0.2, 0.25) is 0 Å². The molecule has 10 atom stereocenters. The van der Waals surface area contributed by atoms with E-state index in [-0.39, 0.29) is 41.3 Å². The van der Waals surface area contributed by atoms with Crippen molar-refractivity contribution in [2.75, 3.05) is 0 Å². The molecule has 0 radical (unpaired) electrons. The van der Waals surface area contributed by atoms with Gasteiger partial charge < -0.3 is 9.47 Å². The lowest BCUT2D eigenvalue weighted by Crippen LogP contribution is -2.48. The van der Waals surface area contributed by atoms with Crippen molar-refractivity contribution in [2.45, 2.75) is 38.5 Å². The highest BCUT2D eigenvalue weighted by Crippen LogP contribution is 2.75. The first-order valence-corrected chi connectivity index (χ1v) is 10.4. The minimum atomic E-state index is -0.554. The van der Waals surface area contributed by atoms with Crippen molar-refractivity contribution in [2.24, 2.45) is 58.2 Å². The summed E-state index contributed by atoms with van der Waals surface area (Å²) >= 11 is 0. The molecule has 2 aliphatic heterocycles. The fourth-order valence-electron chi connectivity index (χ4n) is 9.16. The number of fused-ring (bicyclic) bond motifs is 12. The fourth-order valence-corrected chi connectivity index (χ4v) is 9.16. The Morgan fingerprint density at radius 3 is 1.43 bits per heavy atom. The highest BCUT2D eigenvalue weighted by Gasteiger charge is 2.78. The number of ketones is 1. The maximum atomic E-state index is 14.0. The smallest absolute Gasteiger partial charge is 0.317 e. The Kier molecular flexibility index (Phi) is 2.49. The third kappa shape index (κ3) is 1.40. The van der Waals surface area contributed by atoms with E-state index in [0.717, 1.165) is 25.7 Å². The zero-order valence-electron chi connectivity index (χ0n) is 15.2. The molecule has 7 rings (SSSR count). The van der Waals surface area contributed by atoms with Crippen LogP contribution in [0.25, 0.3) is 0 Å². The second-order valence-electron chi connectivity index (χ2n) is 10.3. The Labute approximate surface area is 160 Å². The van der Waals surface area contributed by atoms with Crippen LogP contribution in [-0.4, -0.2) is 29.7 Å². The average Bonchev–Trinajstić information content (AvgIpc) is 3.46. The normalized spacial score (nSPS) is 57.6. The molecular weight excluding hydrogens is 364 g/mol. The van der Waals surface area contributed by atoms with Gasteiger partial charge >= 0.3 is 23.9 Å². The van der Waals surface area contributed by atoms with Crippen LogP contribution in [0.15, 0.2) is 0 Å². The Morgan fingerprint density at radius 2 is 1.00 bits per heavy atom. The monoisotopic (exact) mass is 384 g/mol. The van der Waals surface area contributed by atoms with Crippen molar-refractivity contribution in [3.8, 4) is 0 Å². The number of carbonyl (C=O) groups is 5. The van der Waals surface area contributed by atoms with Gasteiger partial charge in [0, 0.05) is 10.8 Å². The summed E-state index contributed by atoms with van der Waals surface area (Å²) in [4.78, 5) is 62.8. The summed E-state index contributed by atoms with van der Waals surface area (Å²) < 4.78 is 9.82. The van der Waals surface area contributed by atoms with E-state index in [9.17, 15) is 24.0 Å². The molecule has 0 amide bonds. The standard InChI is InChI=1S/C21H20O7/c22-15-11-7-3-9(13(11)17(24)27-15)20(5-7)1-2-21(19(20)26)6-8-4-10(21)14-12(8)16(23)28-18(14)25/h7-14H,1-6H2/t7-,8-,9-,10-,11-,12-,13+,14+,20-,21+/m0/s1. The second-order valence-corrected chi connectivity index (χ2v) is 10.3. The van der Waals surface area contributed by atoms with Crippen LogP contribution < -0.4 is 0 Å². The number of hydrogen-bond donors (Lipinski definition) is 0. The van der Waals surface area contributed by atoms with Crippen molar-refractivity contribution >= 4 is 29.7 Å². The molecule has 0 aromatic rings. The summed E-state index contributed by atoms with van der Waals surface area (Å²) in [6, 6.07) is 0. The highest BCUT2D eigenvalue weighted by atomic mass is 16.6. The van der Waals surface area contributed by atoms with Gasteiger partial charge in [0.15, 0.2) is 0 Å². The van der Waals surface area contributed by atoms with Gasteiger partial charge in [-0.25, -0.2) is 0 Å². The number of carbonyl (C=O) groups excluding carboxylic acids is 5. The molecule has 5 saturated carbocycles. The van der Waals surface area contributed by atoms with Crippen LogP contribution in [0.3, 0.4) is 0 Å². The van der Waals surface area contributed by atoms with Crippen LogP contribution in [-0.2, 0) is 33.4 Å². The Morgan fingerprint density at radius 1 is 0.607 bits per heavy atom. The van der Waals surface area contributed by atoms with Crippen molar-refractivity contribution in [3.63, 3.8) is 0 Å². The van der Waals surface area contributed by atoms with E-state index in [0.29, 0.717) is 12.8 Å². The second kappa shape index (κ2) is 4.41. The number of hydrogen-bond acceptors (Lipinski definition) is 7. The molecule has 0 aromatic heterocycles. The molecule has 0 aromatic carbocycles. The average molecular weight is 384 g/mol. The Balaban J connectivity index is 1.27. The quantitative estimate of drug-likeness (QED) is 0.454. The summed E-state index contributed by atoms with van der Waals surface area (Å²) in [5.41, 5.74) is -1.11. The van der Waals surface area contributed by atoms with E-state index in [1.165, 1.54) is 0 Å². The molecule has 0 N–H and O–H groups in total. The maximum Gasteiger partial charge on any atom is 0.317 e. The van der Waals surface area contributed by atoms with Gasteiger partial charge in [-0.05, 0) is 62.2 Å². The minimum Gasteiger partial charge on any atom is -0.393 e. The van der Waals surface area contributed by atoms with Crippen LogP contribution in [0.5, 0.6) is 0 Å². The number of esters is 4. The highest BCUT2D eigenvalue weighted by molar-refractivity contribution is 6.02. The van der Waals surface area contributed by atoms with E-state index >= 15 is 0 Å². The number of Topliss-reactive ketones (excluding diaryl/α,β-unsaturated/α-hetero) is 1. The zero-order valence-corrected chi connectivity index (χ0v) is 15.2. The van der Waals surface area contributed by atoms with E-state index < -0.39 is 46.5 Å². The summed E-state index contributed by atoms with van der Waals surface area (Å²) in [5, 5.41) is 0. The summed E-state index contributed by atoms with van der Waals surface area (Å²) in [6.45, 7) is 0. The predicted molar refractivity (Wildman–Crippen MR) is 87.7 cm³/mol. The molecule has 7 nitrogen and oxygen atoms in total. The lowest BCUT2D eigenvalue weighted by molar-refractivity contribution is -0.156. The van der Waals surface area contributed by atoms with Crippen molar-refractivity contribution in [3.05, 3.63) is 0 Å². The molecule has 0 unspecified atom stereocenters. The van der Waals surface area contributed by atoms with Crippen LogP contribution in [0, 0.1) is 58.2 Å². The first-order chi connectivity index (χ1) is 13.4. The van der Waals surface area contributed by atoms with Gasteiger partial charge in [0.1, 0.15) is 5.78 Å². The molecule has 7 heteroatoms. The molecule has 2 saturated heterocycles. The van der Waals surface area contributed by atoms with Crippen LogP contribution in [0.4, 0.5) is 0 Å². The van der Waals surface area contributed by atoms with Crippen molar-refractivity contribution in [1.82, 2.24) is 0 Å². The first kappa shape index (κ1) is 15.8. The van der Waals surface area contributed by atoms with E-state index in [2.05, 4.69) is 0 Å². The number of ether oxygens (including phenoxy) is 2. The fraction of sp³-hybridized carbons (Fsp3) is 0.762. The molecule has 2 heterocycles. The summed E-state index contributed by atoms with van der Waals surface area (Å²) in [5.74, 6) is -3.28. The molecule has 4 bridgehead atoms. The van der Waals surface area contributed by atoms with Gasteiger partial charge in [-0.2, -0.15) is 0 Å². The maximum absolute atomic E-state index is 14.0. The Hall–Kier alpha value is -2.05. The van der Waals surface area contributed by atoms with E-state index in [1.54, 1.807) is 0 Å². The van der Waals surface area contributed by atoms with Gasteiger partial charge in [0.2, 0.25) is 0 Å².